The Bertz CT molecular complexity index is 337. The van der Waals surface area contributed by atoms with Gasteiger partial charge in [0.2, 0.25) is 5.79 Å². The van der Waals surface area contributed by atoms with Crippen molar-refractivity contribution >= 4 is 11.9 Å². The average Bonchev–Trinajstić information content (AvgIpc) is 2.48. The van der Waals surface area contributed by atoms with E-state index in [2.05, 4.69) is 0 Å². The van der Waals surface area contributed by atoms with E-state index >= 15 is 0 Å². The average molecular weight is 334 g/mol. The fraction of sp³-hybridized carbons (Fsp3) is 0.875. The van der Waals surface area contributed by atoms with E-state index in [0.717, 1.165) is 12.8 Å². The molecule has 2 N–H and O–H groups in total. The van der Waals surface area contributed by atoms with Crippen molar-refractivity contribution in [2.24, 2.45) is 5.92 Å². The Kier molecular flexibility index (Phi) is 11.6. The molecule has 7 heteroatoms. The minimum atomic E-state index is -1.39. The van der Waals surface area contributed by atoms with Crippen molar-refractivity contribution in [2.75, 3.05) is 26.4 Å². The molecular weight excluding hydrogens is 304 g/mol. The highest BCUT2D eigenvalue weighted by Gasteiger charge is 2.45. The first-order valence-corrected chi connectivity index (χ1v) is 8.23. The fourth-order valence-electron chi connectivity index (χ4n) is 2.37. The molecule has 0 aromatic heterocycles. The summed E-state index contributed by atoms with van der Waals surface area (Å²) in [6.45, 7) is 6.62. The van der Waals surface area contributed by atoms with Crippen LogP contribution in [0, 0.1) is 5.92 Å². The van der Waals surface area contributed by atoms with E-state index in [1.54, 1.807) is 13.8 Å². The Hall–Kier alpha value is -1.18. The SMILES string of the molecule is CCCCOCC(OCC)(OCC)C(CCCC(=O)O)C(=O)O. The molecule has 0 spiro atoms. The summed E-state index contributed by atoms with van der Waals surface area (Å²) in [5.41, 5.74) is 0. The van der Waals surface area contributed by atoms with Crippen molar-refractivity contribution in [3.8, 4) is 0 Å². The van der Waals surface area contributed by atoms with Gasteiger partial charge >= 0.3 is 11.9 Å². The first kappa shape index (κ1) is 21.8. The van der Waals surface area contributed by atoms with Gasteiger partial charge in [-0.05, 0) is 33.1 Å². The molecule has 0 radical (unpaired) electrons. The molecular formula is C16H30O7. The van der Waals surface area contributed by atoms with E-state index in [1.807, 2.05) is 6.92 Å². The molecule has 0 aromatic carbocycles. The van der Waals surface area contributed by atoms with Gasteiger partial charge in [0.05, 0.1) is 0 Å². The summed E-state index contributed by atoms with van der Waals surface area (Å²) in [5, 5.41) is 18.3. The predicted molar refractivity (Wildman–Crippen MR) is 84.3 cm³/mol. The number of hydrogen-bond acceptors (Lipinski definition) is 5. The summed E-state index contributed by atoms with van der Waals surface area (Å²) in [5.74, 6) is -4.40. The van der Waals surface area contributed by atoms with E-state index in [4.69, 9.17) is 19.3 Å². The van der Waals surface area contributed by atoms with Gasteiger partial charge in [0, 0.05) is 26.2 Å². The second kappa shape index (κ2) is 12.3. The van der Waals surface area contributed by atoms with Crippen LogP contribution in [0.5, 0.6) is 0 Å². The zero-order valence-corrected chi connectivity index (χ0v) is 14.4. The van der Waals surface area contributed by atoms with Crippen LogP contribution in [0.2, 0.25) is 0 Å². The highest BCUT2D eigenvalue weighted by atomic mass is 16.7. The summed E-state index contributed by atoms with van der Waals surface area (Å²) in [7, 11) is 0. The number of carbonyl (C=O) groups is 2. The zero-order chi connectivity index (χ0) is 17.7. The normalized spacial score (nSPS) is 13.0. The van der Waals surface area contributed by atoms with Gasteiger partial charge in [0.25, 0.3) is 0 Å². The topological polar surface area (TPSA) is 102 Å². The van der Waals surface area contributed by atoms with Gasteiger partial charge in [-0.1, -0.05) is 13.3 Å². The zero-order valence-electron chi connectivity index (χ0n) is 14.4. The van der Waals surface area contributed by atoms with Crippen molar-refractivity contribution in [1.29, 1.82) is 0 Å². The molecule has 0 aromatic rings. The molecule has 0 saturated heterocycles. The maximum Gasteiger partial charge on any atom is 0.312 e. The lowest BCUT2D eigenvalue weighted by Gasteiger charge is -2.37. The highest BCUT2D eigenvalue weighted by molar-refractivity contribution is 5.71. The van der Waals surface area contributed by atoms with E-state index in [1.165, 1.54) is 0 Å². The first-order valence-electron chi connectivity index (χ1n) is 8.23. The van der Waals surface area contributed by atoms with E-state index in [9.17, 15) is 14.7 Å². The van der Waals surface area contributed by atoms with Crippen molar-refractivity contribution in [2.45, 2.75) is 58.7 Å². The van der Waals surface area contributed by atoms with E-state index in [-0.39, 0.29) is 39.1 Å². The third-order valence-electron chi connectivity index (χ3n) is 3.44. The third kappa shape index (κ3) is 8.29. The molecule has 0 aliphatic carbocycles. The Balaban J connectivity index is 5.09. The monoisotopic (exact) mass is 334 g/mol. The maximum atomic E-state index is 11.7. The largest absolute Gasteiger partial charge is 0.481 e. The highest BCUT2D eigenvalue weighted by Crippen LogP contribution is 2.30. The number of carboxylic acids is 2. The minimum Gasteiger partial charge on any atom is -0.481 e. The molecule has 136 valence electrons. The van der Waals surface area contributed by atoms with Crippen molar-refractivity contribution < 1.29 is 34.0 Å². The quantitative estimate of drug-likeness (QED) is 0.350. The minimum absolute atomic E-state index is 0.0126. The molecule has 0 fully saturated rings. The number of aliphatic carboxylic acids is 2. The summed E-state index contributed by atoms with van der Waals surface area (Å²) in [6.07, 6.45) is 2.14. The standard InChI is InChI=1S/C16H30O7/c1-4-7-11-21-12-16(22-5-2,23-6-3)13(15(19)20)9-8-10-14(17)18/h13H,4-12H2,1-3H3,(H,17,18)(H,19,20). The van der Waals surface area contributed by atoms with Crippen LogP contribution in [0.25, 0.3) is 0 Å². The molecule has 0 saturated carbocycles. The molecule has 1 unspecified atom stereocenters. The summed E-state index contributed by atoms with van der Waals surface area (Å²) in [4.78, 5) is 22.4. The lowest BCUT2D eigenvalue weighted by molar-refractivity contribution is -0.285. The van der Waals surface area contributed by atoms with Gasteiger partial charge in [-0.25, -0.2) is 0 Å². The van der Waals surface area contributed by atoms with Gasteiger partial charge in [-0.15, -0.1) is 0 Å². The number of unbranched alkanes of at least 4 members (excludes halogenated alkanes) is 1. The first-order chi connectivity index (χ1) is 10.9. The van der Waals surface area contributed by atoms with Gasteiger partial charge in [0.1, 0.15) is 12.5 Å². The van der Waals surface area contributed by atoms with Gasteiger partial charge in [0.15, 0.2) is 0 Å². The Morgan fingerprint density at radius 1 is 1.04 bits per heavy atom. The molecule has 0 amide bonds. The number of carboxylic acid groups (broad SMARTS) is 2. The van der Waals surface area contributed by atoms with Crippen LogP contribution in [0.15, 0.2) is 0 Å². The summed E-state index contributed by atoms with van der Waals surface area (Å²) >= 11 is 0. The Labute approximate surface area is 137 Å². The number of ether oxygens (including phenoxy) is 3. The molecule has 7 nitrogen and oxygen atoms in total. The van der Waals surface area contributed by atoms with Crippen LogP contribution in [0.4, 0.5) is 0 Å². The predicted octanol–water partition coefficient (Wildman–Crippen LogP) is 2.53. The molecule has 1 atom stereocenters. The smallest absolute Gasteiger partial charge is 0.312 e. The van der Waals surface area contributed by atoms with Crippen LogP contribution in [0.1, 0.15) is 52.9 Å². The molecule has 0 heterocycles. The molecule has 0 bridgehead atoms. The molecule has 0 aliphatic rings. The van der Waals surface area contributed by atoms with Crippen molar-refractivity contribution in [3.63, 3.8) is 0 Å². The Morgan fingerprint density at radius 3 is 2.09 bits per heavy atom. The van der Waals surface area contributed by atoms with Crippen LogP contribution < -0.4 is 0 Å². The van der Waals surface area contributed by atoms with Gasteiger partial charge < -0.3 is 24.4 Å². The summed E-state index contributed by atoms with van der Waals surface area (Å²) in [6, 6.07) is 0. The van der Waals surface area contributed by atoms with E-state index in [0.29, 0.717) is 6.61 Å². The van der Waals surface area contributed by atoms with Gasteiger partial charge in [-0.3, -0.25) is 9.59 Å². The van der Waals surface area contributed by atoms with Crippen LogP contribution in [-0.2, 0) is 23.8 Å². The third-order valence-corrected chi connectivity index (χ3v) is 3.44. The fourth-order valence-corrected chi connectivity index (χ4v) is 2.37. The maximum absolute atomic E-state index is 11.7. The van der Waals surface area contributed by atoms with Crippen LogP contribution >= 0.6 is 0 Å². The molecule has 23 heavy (non-hydrogen) atoms. The number of rotatable bonds is 15. The number of hydrogen-bond donors (Lipinski definition) is 2. The van der Waals surface area contributed by atoms with Gasteiger partial charge in [-0.2, -0.15) is 0 Å². The lowest BCUT2D eigenvalue weighted by atomic mass is 9.92. The second-order valence-electron chi connectivity index (χ2n) is 5.26. The lowest BCUT2D eigenvalue weighted by Crippen LogP contribution is -2.51. The second-order valence-corrected chi connectivity index (χ2v) is 5.26. The van der Waals surface area contributed by atoms with Crippen molar-refractivity contribution in [3.05, 3.63) is 0 Å². The van der Waals surface area contributed by atoms with Crippen LogP contribution in [0.3, 0.4) is 0 Å². The van der Waals surface area contributed by atoms with Crippen molar-refractivity contribution in [1.82, 2.24) is 0 Å². The molecule has 0 aliphatic heterocycles. The Morgan fingerprint density at radius 2 is 1.65 bits per heavy atom. The summed E-state index contributed by atoms with van der Waals surface area (Å²) < 4.78 is 16.9. The van der Waals surface area contributed by atoms with E-state index < -0.39 is 23.6 Å². The van der Waals surface area contributed by atoms with Crippen LogP contribution in [-0.4, -0.2) is 54.4 Å². The molecule has 0 rings (SSSR count).